The summed E-state index contributed by atoms with van der Waals surface area (Å²) in [4.78, 5) is 34.9. The zero-order valence-corrected chi connectivity index (χ0v) is 10.9. The van der Waals surface area contributed by atoms with Crippen molar-refractivity contribution in [3.05, 3.63) is 41.2 Å². The molecule has 6 nitrogen and oxygen atoms in total. The van der Waals surface area contributed by atoms with E-state index in [-0.39, 0.29) is 19.8 Å². The van der Waals surface area contributed by atoms with E-state index in [1.165, 1.54) is 18.2 Å². The number of ether oxygens (including phenoxy) is 1. The monoisotopic (exact) mass is 293 g/mol. The summed E-state index contributed by atoms with van der Waals surface area (Å²) in [7, 11) is 0. The van der Waals surface area contributed by atoms with E-state index < -0.39 is 23.6 Å². The van der Waals surface area contributed by atoms with E-state index in [1.807, 2.05) is 0 Å². The summed E-state index contributed by atoms with van der Waals surface area (Å²) >= 11 is 0. The number of benzene rings is 1. The van der Waals surface area contributed by atoms with Gasteiger partial charge in [-0.2, -0.15) is 0 Å². The quantitative estimate of drug-likeness (QED) is 0.656. The number of morpholine rings is 1. The van der Waals surface area contributed by atoms with Crippen LogP contribution >= 0.6 is 0 Å². The molecule has 0 unspecified atom stereocenters. The van der Waals surface area contributed by atoms with E-state index >= 15 is 0 Å². The third kappa shape index (κ3) is 3.73. The zero-order chi connectivity index (χ0) is 15.4. The Morgan fingerprint density at radius 2 is 2.00 bits per heavy atom. The zero-order valence-electron chi connectivity index (χ0n) is 10.9. The highest BCUT2D eigenvalue weighted by molar-refractivity contribution is 5.98. The van der Waals surface area contributed by atoms with Gasteiger partial charge < -0.3 is 9.84 Å². The Hall–Kier alpha value is -2.54. The summed E-state index contributed by atoms with van der Waals surface area (Å²) in [5, 5.41) is 8.62. The maximum atomic E-state index is 13.3. The highest BCUT2D eigenvalue weighted by atomic mass is 19.1. The van der Waals surface area contributed by atoms with Crippen molar-refractivity contribution in [1.82, 2.24) is 4.90 Å². The van der Waals surface area contributed by atoms with E-state index in [0.29, 0.717) is 11.1 Å². The van der Waals surface area contributed by atoms with Crippen LogP contribution in [0.4, 0.5) is 4.39 Å². The Morgan fingerprint density at radius 3 is 2.62 bits per heavy atom. The molecule has 1 aliphatic rings. The molecule has 1 N–H and O–H groups in total. The van der Waals surface area contributed by atoms with Crippen molar-refractivity contribution in [3.8, 4) is 0 Å². The van der Waals surface area contributed by atoms with Crippen molar-refractivity contribution in [2.45, 2.75) is 6.54 Å². The molecule has 2 amide bonds. The number of carbonyl (C=O) groups excluding carboxylic acids is 2. The first-order valence-corrected chi connectivity index (χ1v) is 6.08. The van der Waals surface area contributed by atoms with Gasteiger partial charge in [0.25, 0.3) is 11.8 Å². The second kappa shape index (κ2) is 6.27. The number of carboxylic acids is 1. The van der Waals surface area contributed by atoms with Crippen LogP contribution in [0, 0.1) is 5.82 Å². The van der Waals surface area contributed by atoms with Gasteiger partial charge in [-0.25, -0.2) is 9.18 Å². The van der Waals surface area contributed by atoms with Crippen LogP contribution in [0.5, 0.6) is 0 Å². The topological polar surface area (TPSA) is 83.9 Å². The predicted molar refractivity (Wildman–Crippen MR) is 69.4 cm³/mol. The van der Waals surface area contributed by atoms with Crippen LogP contribution in [-0.4, -0.2) is 41.0 Å². The fraction of sp³-hybridized carbons (Fsp3) is 0.214. The van der Waals surface area contributed by atoms with Crippen molar-refractivity contribution in [2.75, 3.05) is 13.2 Å². The number of hydrogen-bond acceptors (Lipinski definition) is 4. The molecular weight excluding hydrogens is 281 g/mol. The molecule has 1 saturated heterocycles. The maximum Gasteiger partial charge on any atom is 0.328 e. The van der Waals surface area contributed by atoms with Gasteiger partial charge >= 0.3 is 5.97 Å². The van der Waals surface area contributed by atoms with Gasteiger partial charge in [0.2, 0.25) is 0 Å². The van der Waals surface area contributed by atoms with Crippen LogP contribution in [0.15, 0.2) is 24.3 Å². The smallest absolute Gasteiger partial charge is 0.328 e. The summed E-state index contributed by atoms with van der Waals surface area (Å²) in [6, 6.07) is 3.74. The minimum atomic E-state index is -1.18. The average Bonchev–Trinajstić information content (AvgIpc) is 2.42. The van der Waals surface area contributed by atoms with E-state index in [9.17, 15) is 18.8 Å². The number of rotatable bonds is 4. The lowest BCUT2D eigenvalue weighted by Gasteiger charge is -2.25. The molecule has 110 valence electrons. The summed E-state index contributed by atoms with van der Waals surface area (Å²) in [5.74, 6) is -2.68. The van der Waals surface area contributed by atoms with E-state index in [2.05, 4.69) is 0 Å². The maximum absolute atomic E-state index is 13.3. The highest BCUT2D eigenvalue weighted by Gasteiger charge is 2.27. The van der Waals surface area contributed by atoms with E-state index in [4.69, 9.17) is 9.84 Å². The first-order chi connectivity index (χ1) is 9.97. The molecule has 21 heavy (non-hydrogen) atoms. The number of carbonyl (C=O) groups is 3. The van der Waals surface area contributed by atoms with Crippen LogP contribution in [0.25, 0.3) is 6.08 Å². The molecule has 0 saturated carbocycles. The molecule has 1 aromatic rings. The molecule has 0 bridgehead atoms. The number of hydrogen-bond donors (Lipinski definition) is 1. The standard InChI is InChI=1S/C14H12FNO5/c15-11-3-1-10(9(5-11)2-4-14(19)20)6-16-12(17)7-21-8-13(16)18/h1-5H,6-8H2,(H,19,20). The largest absolute Gasteiger partial charge is 0.478 e. The fourth-order valence-electron chi connectivity index (χ4n) is 1.89. The minimum absolute atomic E-state index is 0.0550. The van der Waals surface area contributed by atoms with Crippen molar-refractivity contribution >= 4 is 23.9 Å². The number of amides is 2. The molecule has 1 fully saturated rings. The van der Waals surface area contributed by atoms with Gasteiger partial charge in [0, 0.05) is 6.08 Å². The number of imide groups is 1. The molecule has 2 rings (SSSR count). The number of carboxylic acid groups (broad SMARTS) is 1. The van der Waals surface area contributed by atoms with Crippen LogP contribution < -0.4 is 0 Å². The lowest BCUT2D eigenvalue weighted by molar-refractivity contribution is -0.159. The first-order valence-electron chi connectivity index (χ1n) is 6.08. The van der Waals surface area contributed by atoms with Crippen molar-refractivity contribution in [3.63, 3.8) is 0 Å². The fourth-order valence-corrected chi connectivity index (χ4v) is 1.89. The average molecular weight is 293 g/mol. The Balaban J connectivity index is 2.28. The first kappa shape index (κ1) is 14.9. The molecule has 1 aliphatic heterocycles. The lowest BCUT2D eigenvalue weighted by atomic mass is 10.1. The number of nitrogens with zero attached hydrogens (tertiary/aromatic N) is 1. The SMILES string of the molecule is O=C(O)C=Cc1cc(F)ccc1CN1C(=O)COCC1=O. The molecule has 0 spiro atoms. The van der Waals surface area contributed by atoms with Crippen LogP contribution in [-0.2, 0) is 25.7 Å². The molecule has 7 heteroatoms. The van der Waals surface area contributed by atoms with Gasteiger partial charge in [0.15, 0.2) is 0 Å². The Morgan fingerprint density at radius 1 is 1.33 bits per heavy atom. The van der Waals surface area contributed by atoms with Gasteiger partial charge in [-0.1, -0.05) is 6.07 Å². The Kier molecular flexibility index (Phi) is 4.44. The summed E-state index contributed by atoms with van der Waals surface area (Å²) in [6.07, 6.45) is 2.08. The van der Waals surface area contributed by atoms with Crippen molar-refractivity contribution < 1.29 is 28.6 Å². The predicted octanol–water partition coefficient (Wildman–Crippen LogP) is 0.809. The minimum Gasteiger partial charge on any atom is -0.478 e. The van der Waals surface area contributed by atoms with Gasteiger partial charge in [0.05, 0.1) is 6.54 Å². The number of aliphatic carboxylic acids is 1. The number of halogens is 1. The van der Waals surface area contributed by atoms with Gasteiger partial charge in [0.1, 0.15) is 19.0 Å². The molecule has 0 atom stereocenters. The second-order valence-corrected chi connectivity index (χ2v) is 4.38. The lowest BCUT2D eigenvalue weighted by Crippen LogP contribution is -2.45. The van der Waals surface area contributed by atoms with E-state index in [1.54, 1.807) is 0 Å². The van der Waals surface area contributed by atoms with Gasteiger partial charge in [-0.15, -0.1) is 0 Å². The van der Waals surface area contributed by atoms with Crippen LogP contribution in [0.2, 0.25) is 0 Å². The summed E-state index contributed by atoms with van der Waals surface area (Å²) < 4.78 is 18.1. The Labute approximate surface area is 119 Å². The molecule has 0 aliphatic carbocycles. The Bertz CT molecular complexity index is 610. The summed E-state index contributed by atoms with van der Waals surface area (Å²) in [6.45, 7) is -0.429. The summed E-state index contributed by atoms with van der Waals surface area (Å²) in [5.41, 5.74) is 0.766. The molecular formula is C14H12FNO5. The third-order valence-corrected chi connectivity index (χ3v) is 2.90. The van der Waals surface area contributed by atoms with Crippen molar-refractivity contribution in [2.24, 2.45) is 0 Å². The van der Waals surface area contributed by atoms with Gasteiger partial charge in [-0.05, 0) is 29.3 Å². The molecule has 0 radical (unpaired) electrons. The molecule has 0 aromatic heterocycles. The molecule has 1 aromatic carbocycles. The van der Waals surface area contributed by atoms with Crippen LogP contribution in [0.3, 0.4) is 0 Å². The second-order valence-electron chi connectivity index (χ2n) is 4.38. The van der Waals surface area contributed by atoms with Crippen LogP contribution in [0.1, 0.15) is 11.1 Å². The van der Waals surface area contributed by atoms with Crippen molar-refractivity contribution in [1.29, 1.82) is 0 Å². The van der Waals surface area contributed by atoms with Gasteiger partial charge in [-0.3, -0.25) is 14.5 Å². The highest BCUT2D eigenvalue weighted by Crippen LogP contribution is 2.17. The third-order valence-electron chi connectivity index (χ3n) is 2.90. The van der Waals surface area contributed by atoms with E-state index in [0.717, 1.165) is 17.0 Å². The molecule has 1 heterocycles. The normalized spacial score (nSPS) is 15.8.